The Hall–Kier alpha value is -1.95. The lowest BCUT2D eigenvalue weighted by molar-refractivity contribution is 0.191. The van der Waals surface area contributed by atoms with E-state index in [1.807, 2.05) is 6.20 Å². The highest BCUT2D eigenvalue weighted by atomic mass is 15.2. The molecule has 166 valence electrons. The van der Waals surface area contributed by atoms with Crippen molar-refractivity contribution in [2.45, 2.75) is 63.7 Å². The number of aryl methyl sites for hydroxylation is 1. The predicted molar refractivity (Wildman–Crippen MR) is 128 cm³/mol. The summed E-state index contributed by atoms with van der Waals surface area (Å²) in [4.78, 5) is 9.91. The molecule has 5 nitrogen and oxygen atoms in total. The lowest BCUT2D eigenvalue weighted by atomic mass is 9.89. The summed E-state index contributed by atoms with van der Waals surface area (Å²) in [5, 5.41) is 7.47. The van der Waals surface area contributed by atoms with Gasteiger partial charge >= 0.3 is 0 Å². The number of pyridine rings is 1. The summed E-state index contributed by atoms with van der Waals surface area (Å²) in [6.07, 6.45) is 6.71. The van der Waals surface area contributed by atoms with Gasteiger partial charge in [-0.25, -0.2) is 0 Å². The lowest BCUT2D eigenvalue weighted by Crippen LogP contribution is -2.57. The van der Waals surface area contributed by atoms with E-state index in [0.29, 0.717) is 12.1 Å². The molecule has 0 spiro atoms. The van der Waals surface area contributed by atoms with Crippen LogP contribution >= 0.6 is 0 Å². The van der Waals surface area contributed by atoms with Crippen LogP contribution in [0.5, 0.6) is 0 Å². The number of hydrogen-bond donors (Lipinski definition) is 2. The fraction of sp³-hybridized carbons (Fsp3) is 0.577. The minimum absolute atomic E-state index is 0.162. The van der Waals surface area contributed by atoms with Crippen molar-refractivity contribution >= 4 is 5.69 Å². The second kappa shape index (κ2) is 8.53. The molecule has 1 aliphatic carbocycles. The average molecular weight is 420 g/mol. The number of likely N-dealkylation sites (N-methyl/N-ethyl adjacent to an activating group) is 1. The zero-order valence-electron chi connectivity index (χ0n) is 19.3. The largest absolute Gasteiger partial charge is 0.368 e. The van der Waals surface area contributed by atoms with Gasteiger partial charge < -0.3 is 15.5 Å². The summed E-state index contributed by atoms with van der Waals surface area (Å²) in [6, 6.07) is 12.1. The van der Waals surface area contributed by atoms with Crippen LogP contribution in [0.4, 0.5) is 5.69 Å². The van der Waals surface area contributed by atoms with Crippen LogP contribution in [0.25, 0.3) is 0 Å². The number of nitrogens with zero attached hydrogens (tertiary/aromatic N) is 3. The first-order valence-electron chi connectivity index (χ1n) is 12.0. The van der Waals surface area contributed by atoms with Crippen molar-refractivity contribution in [3.8, 4) is 0 Å². The Labute approximate surface area is 187 Å². The first-order chi connectivity index (χ1) is 15.0. The number of hydrogen-bond acceptors (Lipinski definition) is 5. The SMILES string of the molecule is CN(C[C@@H]1Cc2c(cccc2N2CCNC(C)(C)C2)CN1)[C@H]1CCCc2cccnc21. The first-order valence-corrected chi connectivity index (χ1v) is 12.0. The second-order valence-corrected chi connectivity index (χ2v) is 10.3. The standard InChI is InChI=1S/C26H37N5/c1-26(2)18-31(14-13-29-26)23-10-5-8-20-16-28-21(15-22(20)23)17-30(3)24-11-4-7-19-9-6-12-27-25(19)24/h5-6,8-10,12,21,24,28-29H,4,7,11,13-18H2,1-3H3/t21-,24-/m0/s1. The van der Waals surface area contributed by atoms with Crippen molar-refractivity contribution in [1.82, 2.24) is 20.5 Å². The number of benzene rings is 1. The van der Waals surface area contributed by atoms with Gasteiger partial charge in [0.25, 0.3) is 0 Å². The average Bonchev–Trinajstić information content (AvgIpc) is 2.77. The molecule has 2 N–H and O–H groups in total. The Bertz CT molecular complexity index is 924. The van der Waals surface area contributed by atoms with Crippen LogP contribution in [0.3, 0.4) is 0 Å². The third-order valence-electron chi connectivity index (χ3n) is 7.40. The summed E-state index contributed by atoms with van der Waals surface area (Å²) >= 11 is 0. The molecule has 3 heterocycles. The zero-order valence-corrected chi connectivity index (χ0v) is 19.3. The summed E-state index contributed by atoms with van der Waals surface area (Å²) in [5.41, 5.74) is 7.38. The Morgan fingerprint density at radius 1 is 1.19 bits per heavy atom. The van der Waals surface area contributed by atoms with Gasteiger partial charge in [-0.3, -0.25) is 9.88 Å². The highest BCUT2D eigenvalue weighted by Gasteiger charge is 2.31. The van der Waals surface area contributed by atoms with Crippen LogP contribution < -0.4 is 15.5 Å². The van der Waals surface area contributed by atoms with Crippen molar-refractivity contribution in [3.05, 3.63) is 58.9 Å². The van der Waals surface area contributed by atoms with E-state index in [-0.39, 0.29) is 5.54 Å². The van der Waals surface area contributed by atoms with Crippen LogP contribution in [0, 0.1) is 0 Å². The number of fused-ring (bicyclic) bond motifs is 2. The minimum atomic E-state index is 0.162. The molecule has 1 aromatic heterocycles. The molecule has 1 fully saturated rings. The Morgan fingerprint density at radius 2 is 2.06 bits per heavy atom. The van der Waals surface area contributed by atoms with Gasteiger partial charge in [0, 0.05) is 56.2 Å². The summed E-state index contributed by atoms with van der Waals surface area (Å²) < 4.78 is 0. The third-order valence-corrected chi connectivity index (χ3v) is 7.40. The van der Waals surface area contributed by atoms with E-state index in [9.17, 15) is 0 Å². The second-order valence-electron chi connectivity index (χ2n) is 10.3. The molecule has 2 aliphatic heterocycles. The quantitative estimate of drug-likeness (QED) is 0.796. The van der Waals surface area contributed by atoms with E-state index in [2.05, 4.69) is 71.7 Å². The van der Waals surface area contributed by atoms with Gasteiger partial charge in [0.2, 0.25) is 0 Å². The normalized spacial score (nSPS) is 25.2. The molecule has 31 heavy (non-hydrogen) atoms. The molecule has 1 aromatic carbocycles. The van der Waals surface area contributed by atoms with E-state index in [1.54, 1.807) is 5.56 Å². The van der Waals surface area contributed by atoms with Crippen LogP contribution in [0.2, 0.25) is 0 Å². The minimum Gasteiger partial charge on any atom is -0.368 e. The van der Waals surface area contributed by atoms with Gasteiger partial charge in [-0.2, -0.15) is 0 Å². The maximum Gasteiger partial charge on any atom is 0.0607 e. The zero-order chi connectivity index (χ0) is 21.4. The van der Waals surface area contributed by atoms with Gasteiger partial charge in [-0.15, -0.1) is 0 Å². The molecule has 5 heteroatoms. The van der Waals surface area contributed by atoms with Gasteiger partial charge in [0.15, 0.2) is 0 Å². The Kier molecular flexibility index (Phi) is 5.76. The van der Waals surface area contributed by atoms with Gasteiger partial charge in [0.1, 0.15) is 0 Å². The number of anilines is 1. The monoisotopic (exact) mass is 419 g/mol. The van der Waals surface area contributed by atoms with Crippen molar-refractivity contribution in [3.63, 3.8) is 0 Å². The molecule has 2 aromatic rings. The molecular weight excluding hydrogens is 382 g/mol. The van der Waals surface area contributed by atoms with Crippen LogP contribution in [-0.4, -0.2) is 54.7 Å². The van der Waals surface area contributed by atoms with Gasteiger partial charge in [0.05, 0.1) is 11.7 Å². The van der Waals surface area contributed by atoms with Crippen LogP contribution in [0.1, 0.15) is 55.1 Å². The number of nitrogens with one attached hydrogen (secondary N) is 2. The van der Waals surface area contributed by atoms with E-state index in [0.717, 1.165) is 39.1 Å². The highest BCUT2D eigenvalue weighted by Crippen LogP contribution is 2.34. The van der Waals surface area contributed by atoms with E-state index in [4.69, 9.17) is 4.98 Å². The molecular formula is C26H37N5. The maximum atomic E-state index is 4.77. The molecule has 5 rings (SSSR count). The molecule has 1 saturated heterocycles. The van der Waals surface area contributed by atoms with Crippen LogP contribution in [0.15, 0.2) is 36.5 Å². The van der Waals surface area contributed by atoms with Crippen molar-refractivity contribution in [2.24, 2.45) is 0 Å². The van der Waals surface area contributed by atoms with E-state index < -0.39 is 0 Å². The summed E-state index contributed by atoms with van der Waals surface area (Å²) in [7, 11) is 2.29. The number of rotatable bonds is 4. The fourth-order valence-corrected chi connectivity index (χ4v) is 5.86. The van der Waals surface area contributed by atoms with Gasteiger partial charge in [-0.05, 0) is 75.4 Å². The fourth-order valence-electron chi connectivity index (χ4n) is 5.86. The van der Waals surface area contributed by atoms with Crippen molar-refractivity contribution in [1.29, 1.82) is 0 Å². The molecule has 0 radical (unpaired) electrons. The maximum absolute atomic E-state index is 4.77. The van der Waals surface area contributed by atoms with Crippen molar-refractivity contribution < 1.29 is 0 Å². The molecule has 0 saturated carbocycles. The Morgan fingerprint density at radius 3 is 2.94 bits per heavy atom. The summed E-state index contributed by atoms with van der Waals surface area (Å²) in [5.74, 6) is 0. The third kappa shape index (κ3) is 4.36. The Balaban J connectivity index is 1.32. The topological polar surface area (TPSA) is 43.4 Å². The molecule has 3 aliphatic rings. The molecule has 0 amide bonds. The number of aromatic nitrogens is 1. The highest BCUT2D eigenvalue weighted by molar-refractivity contribution is 5.58. The van der Waals surface area contributed by atoms with E-state index >= 15 is 0 Å². The predicted octanol–water partition coefficient (Wildman–Crippen LogP) is 3.29. The smallest absolute Gasteiger partial charge is 0.0607 e. The molecule has 0 unspecified atom stereocenters. The summed E-state index contributed by atoms with van der Waals surface area (Å²) in [6.45, 7) is 9.84. The van der Waals surface area contributed by atoms with Gasteiger partial charge in [-0.1, -0.05) is 18.2 Å². The molecule has 2 atom stereocenters. The van der Waals surface area contributed by atoms with Crippen molar-refractivity contribution in [2.75, 3.05) is 38.1 Å². The van der Waals surface area contributed by atoms with Crippen LogP contribution in [-0.2, 0) is 19.4 Å². The number of piperazine rings is 1. The lowest BCUT2D eigenvalue weighted by Gasteiger charge is -2.42. The molecule has 0 bridgehead atoms. The first kappa shape index (κ1) is 20.9. The van der Waals surface area contributed by atoms with E-state index in [1.165, 1.54) is 41.8 Å².